The molecule has 0 saturated carbocycles. The molecule has 3 nitrogen and oxygen atoms in total. The van der Waals surface area contributed by atoms with Crippen LogP contribution in [0.2, 0.25) is 0 Å². The fraction of sp³-hybridized carbons (Fsp3) is 0.238. The van der Waals surface area contributed by atoms with Crippen LogP contribution in [-0.2, 0) is 9.53 Å². The lowest BCUT2D eigenvalue weighted by atomic mass is 9.93. The predicted molar refractivity (Wildman–Crippen MR) is 94.9 cm³/mol. The molecule has 0 fully saturated rings. The molecule has 0 radical (unpaired) electrons. The number of nitrogens with zero attached hydrogens (tertiary/aromatic N) is 1. The van der Waals surface area contributed by atoms with Crippen LogP contribution >= 0.6 is 0 Å². The Labute approximate surface area is 143 Å². The quantitative estimate of drug-likeness (QED) is 0.470. The van der Waals surface area contributed by atoms with Gasteiger partial charge in [0.25, 0.3) is 0 Å². The Morgan fingerprint density at radius 3 is 1.79 bits per heavy atom. The van der Waals surface area contributed by atoms with Gasteiger partial charge < -0.3 is 4.74 Å². The molecule has 2 aromatic rings. The second-order valence-corrected chi connectivity index (χ2v) is 6.73. The molecule has 2 aromatic carbocycles. The summed E-state index contributed by atoms with van der Waals surface area (Å²) in [6, 6.07) is 20.9. The molecule has 0 amide bonds. The van der Waals surface area contributed by atoms with Crippen LogP contribution in [0.4, 0.5) is 0 Å². The largest absolute Gasteiger partial charge is 0.461 e. The van der Waals surface area contributed by atoms with Gasteiger partial charge in [-0.15, -0.1) is 0 Å². The highest BCUT2D eigenvalue weighted by Crippen LogP contribution is 2.27. The standard InChI is InChI=1S/C21H21NO2/c1-21(2,3)15-24-20(23)18(14-22)19(16-10-6-4-7-11-16)17-12-8-5-9-13-17/h4-13H,15H2,1-3H3. The number of hydrogen-bond acceptors (Lipinski definition) is 3. The maximum atomic E-state index is 12.5. The van der Waals surface area contributed by atoms with Crippen molar-refractivity contribution in [2.24, 2.45) is 5.41 Å². The van der Waals surface area contributed by atoms with Gasteiger partial charge in [-0.25, -0.2) is 4.79 Å². The first-order chi connectivity index (χ1) is 11.4. The average Bonchev–Trinajstić information content (AvgIpc) is 2.58. The topological polar surface area (TPSA) is 50.1 Å². The first-order valence-electron chi connectivity index (χ1n) is 7.85. The summed E-state index contributed by atoms with van der Waals surface area (Å²) in [4.78, 5) is 12.5. The summed E-state index contributed by atoms with van der Waals surface area (Å²) in [5.41, 5.74) is 2.09. The second-order valence-electron chi connectivity index (χ2n) is 6.73. The maximum absolute atomic E-state index is 12.5. The van der Waals surface area contributed by atoms with Crippen LogP contribution in [0, 0.1) is 16.7 Å². The van der Waals surface area contributed by atoms with Crippen LogP contribution in [0.15, 0.2) is 66.2 Å². The van der Waals surface area contributed by atoms with E-state index in [1.807, 2.05) is 87.5 Å². The highest BCUT2D eigenvalue weighted by molar-refractivity contribution is 6.05. The lowest BCUT2D eigenvalue weighted by Crippen LogP contribution is -2.19. The van der Waals surface area contributed by atoms with Gasteiger partial charge in [0.15, 0.2) is 0 Å². The Hall–Kier alpha value is -2.86. The van der Waals surface area contributed by atoms with Crippen molar-refractivity contribution >= 4 is 11.5 Å². The summed E-state index contributed by atoms with van der Waals surface area (Å²) >= 11 is 0. The average molecular weight is 319 g/mol. The van der Waals surface area contributed by atoms with Gasteiger partial charge in [0, 0.05) is 5.57 Å². The highest BCUT2D eigenvalue weighted by Gasteiger charge is 2.22. The van der Waals surface area contributed by atoms with Crippen LogP contribution in [0.5, 0.6) is 0 Å². The van der Waals surface area contributed by atoms with Crippen molar-refractivity contribution in [3.8, 4) is 6.07 Å². The van der Waals surface area contributed by atoms with Crippen molar-refractivity contribution in [3.05, 3.63) is 77.4 Å². The third-order valence-corrected chi connectivity index (χ3v) is 3.33. The summed E-state index contributed by atoms with van der Waals surface area (Å²) in [6.45, 7) is 6.19. The zero-order valence-electron chi connectivity index (χ0n) is 14.2. The van der Waals surface area contributed by atoms with E-state index in [-0.39, 0.29) is 17.6 Å². The summed E-state index contributed by atoms with van der Waals surface area (Å²) in [7, 11) is 0. The number of benzene rings is 2. The van der Waals surface area contributed by atoms with Gasteiger partial charge in [-0.1, -0.05) is 81.4 Å². The van der Waals surface area contributed by atoms with Crippen LogP contribution in [-0.4, -0.2) is 12.6 Å². The minimum absolute atomic E-state index is 0.0247. The predicted octanol–water partition coefficient (Wildman–Crippen LogP) is 4.60. The first kappa shape index (κ1) is 17.5. The van der Waals surface area contributed by atoms with Crippen LogP contribution < -0.4 is 0 Å². The molecule has 0 spiro atoms. The summed E-state index contributed by atoms with van der Waals surface area (Å²) in [5, 5.41) is 9.61. The van der Waals surface area contributed by atoms with E-state index in [1.54, 1.807) is 0 Å². The van der Waals surface area contributed by atoms with Gasteiger partial charge >= 0.3 is 5.97 Å². The van der Waals surface area contributed by atoms with Gasteiger partial charge in [-0.2, -0.15) is 5.26 Å². The smallest absolute Gasteiger partial charge is 0.349 e. The molecule has 0 unspecified atom stereocenters. The van der Waals surface area contributed by atoms with Gasteiger partial charge in [0.2, 0.25) is 0 Å². The van der Waals surface area contributed by atoms with Crippen LogP contribution in [0.25, 0.3) is 5.57 Å². The molecule has 0 saturated heterocycles. The van der Waals surface area contributed by atoms with Gasteiger partial charge in [0.1, 0.15) is 11.6 Å². The number of nitriles is 1. The Morgan fingerprint density at radius 2 is 1.42 bits per heavy atom. The zero-order valence-corrected chi connectivity index (χ0v) is 14.2. The van der Waals surface area contributed by atoms with Crippen molar-refractivity contribution in [1.82, 2.24) is 0 Å². The van der Waals surface area contributed by atoms with Crippen LogP contribution in [0.3, 0.4) is 0 Å². The first-order valence-corrected chi connectivity index (χ1v) is 7.85. The minimum atomic E-state index is -0.588. The van der Waals surface area contributed by atoms with E-state index >= 15 is 0 Å². The molecule has 0 N–H and O–H groups in total. The second kappa shape index (κ2) is 7.61. The molecule has 0 bridgehead atoms. The van der Waals surface area contributed by atoms with E-state index in [2.05, 4.69) is 0 Å². The number of esters is 1. The zero-order chi connectivity index (χ0) is 17.6. The molecule has 3 heteroatoms. The summed E-state index contributed by atoms with van der Waals surface area (Å²) < 4.78 is 5.36. The third kappa shape index (κ3) is 4.57. The Morgan fingerprint density at radius 1 is 0.958 bits per heavy atom. The summed E-state index contributed by atoms with van der Waals surface area (Å²) in [5.74, 6) is -0.588. The molecular formula is C21H21NO2. The van der Waals surface area contributed by atoms with Gasteiger partial charge in [0.05, 0.1) is 6.61 Å². The fourth-order valence-corrected chi connectivity index (χ4v) is 2.22. The normalized spacial score (nSPS) is 10.6. The molecule has 0 aliphatic carbocycles. The molecule has 0 aliphatic rings. The van der Waals surface area contributed by atoms with Crippen molar-refractivity contribution in [2.45, 2.75) is 20.8 Å². The molecule has 24 heavy (non-hydrogen) atoms. The van der Waals surface area contributed by atoms with Crippen molar-refractivity contribution in [2.75, 3.05) is 6.61 Å². The monoisotopic (exact) mass is 319 g/mol. The fourth-order valence-electron chi connectivity index (χ4n) is 2.22. The van der Waals surface area contributed by atoms with E-state index in [4.69, 9.17) is 4.74 Å². The summed E-state index contributed by atoms with van der Waals surface area (Å²) in [6.07, 6.45) is 0. The van der Waals surface area contributed by atoms with Crippen molar-refractivity contribution in [3.63, 3.8) is 0 Å². The lowest BCUT2D eigenvalue weighted by molar-refractivity contribution is -0.141. The number of rotatable bonds is 4. The van der Waals surface area contributed by atoms with E-state index < -0.39 is 5.97 Å². The van der Waals surface area contributed by atoms with E-state index in [9.17, 15) is 10.1 Å². The molecule has 122 valence electrons. The van der Waals surface area contributed by atoms with Crippen molar-refractivity contribution in [1.29, 1.82) is 5.26 Å². The molecular weight excluding hydrogens is 298 g/mol. The van der Waals surface area contributed by atoms with E-state index in [1.165, 1.54) is 0 Å². The number of ether oxygens (including phenoxy) is 1. The van der Waals surface area contributed by atoms with Crippen molar-refractivity contribution < 1.29 is 9.53 Å². The SMILES string of the molecule is CC(C)(C)COC(=O)C(C#N)=C(c1ccccc1)c1ccccc1. The van der Waals surface area contributed by atoms with Gasteiger partial charge in [-0.05, 0) is 16.5 Å². The highest BCUT2D eigenvalue weighted by atomic mass is 16.5. The third-order valence-electron chi connectivity index (χ3n) is 3.33. The van der Waals surface area contributed by atoms with Gasteiger partial charge in [-0.3, -0.25) is 0 Å². The molecule has 2 rings (SSSR count). The van der Waals surface area contributed by atoms with E-state index in [0.29, 0.717) is 5.57 Å². The molecule has 0 atom stereocenters. The number of hydrogen-bond donors (Lipinski definition) is 0. The Bertz CT molecular complexity index is 721. The minimum Gasteiger partial charge on any atom is -0.461 e. The Balaban J connectivity index is 2.52. The lowest BCUT2D eigenvalue weighted by Gasteiger charge is -2.18. The molecule has 0 aliphatic heterocycles. The molecule has 0 aromatic heterocycles. The van der Waals surface area contributed by atoms with E-state index in [0.717, 1.165) is 11.1 Å². The Kier molecular flexibility index (Phi) is 5.55. The number of carbonyl (C=O) groups is 1. The molecule has 0 heterocycles. The number of carbonyl (C=O) groups excluding carboxylic acids is 1. The maximum Gasteiger partial charge on any atom is 0.349 e. The van der Waals surface area contributed by atoms with Crippen LogP contribution in [0.1, 0.15) is 31.9 Å².